The van der Waals surface area contributed by atoms with E-state index in [1.54, 1.807) is 6.92 Å². The van der Waals surface area contributed by atoms with E-state index in [2.05, 4.69) is 5.32 Å². The number of urea groups is 1. The second-order valence-corrected chi connectivity index (χ2v) is 6.79. The van der Waals surface area contributed by atoms with Crippen LogP contribution in [0.1, 0.15) is 13.3 Å². The van der Waals surface area contributed by atoms with Gasteiger partial charge in [0.1, 0.15) is 9.84 Å². The van der Waals surface area contributed by atoms with Gasteiger partial charge in [-0.25, -0.2) is 13.2 Å². The van der Waals surface area contributed by atoms with Crippen LogP contribution in [-0.2, 0) is 14.6 Å². The van der Waals surface area contributed by atoms with Crippen molar-refractivity contribution in [1.82, 2.24) is 10.2 Å². The van der Waals surface area contributed by atoms with E-state index in [-0.39, 0.29) is 18.3 Å². The molecule has 8 heteroatoms. The lowest BCUT2D eigenvalue weighted by molar-refractivity contribution is -0.142. The Labute approximate surface area is 106 Å². The van der Waals surface area contributed by atoms with Crippen LogP contribution in [0.4, 0.5) is 4.79 Å². The van der Waals surface area contributed by atoms with Crippen molar-refractivity contribution in [2.45, 2.75) is 19.4 Å². The van der Waals surface area contributed by atoms with Crippen LogP contribution in [0.15, 0.2) is 0 Å². The van der Waals surface area contributed by atoms with Crippen LogP contribution >= 0.6 is 0 Å². The van der Waals surface area contributed by atoms with E-state index in [0.29, 0.717) is 13.0 Å². The van der Waals surface area contributed by atoms with Crippen molar-refractivity contribution in [2.24, 2.45) is 5.92 Å². The zero-order valence-electron chi connectivity index (χ0n) is 10.4. The van der Waals surface area contributed by atoms with Crippen molar-refractivity contribution in [3.63, 3.8) is 0 Å². The van der Waals surface area contributed by atoms with Crippen LogP contribution < -0.4 is 5.32 Å². The van der Waals surface area contributed by atoms with Gasteiger partial charge >= 0.3 is 12.0 Å². The van der Waals surface area contributed by atoms with Gasteiger partial charge in [-0.1, -0.05) is 0 Å². The number of carboxylic acid groups (broad SMARTS) is 1. The molecule has 7 nitrogen and oxygen atoms in total. The minimum atomic E-state index is -3.11. The predicted octanol–water partition coefficient (Wildman–Crippen LogP) is -0.464. The number of hydrogen-bond acceptors (Lipinski definition) is 4. The van der Waals surface area contributed by atoms with E-state index in [4.69, 9.17) is 5.11 Å². The van der Waals surface area contributed by atoms with Crippen molar-refractivity contribution < 1.29 is 23.1 Å². The molecule has 0 radical (unpaired) electrons. The minimum absolute atomic E-state index is 0.0403. The SMILES string of the molecule is CC1C(C(=O)O)CCN1C(=O)NCCS(C)(=O)=O. The third kappa shape index (κ3) is 3.86. The molecule has 104 valence electrons. The van der Waals surface area contributed by atoms with Crippen LogP contribution in [0, 0.1) is 5.92 Å². The topological polar surface area (TPSA) is 104 Å². The molecule has 0 aromatic heterocycles. The fourth-order valence-corrected chi connectivity index (χ4v) is 2.47. The smallest absolute Gasteiger partial charge is 0.317 e. The monoisotopic (exact) mass is 278 g/mol. The number of amides is 2. The molecule has 0 saturated carbocycles. The highest BCUT2D eigenvalue weighted by Crippen LogP contribution is 2.24. The molecule has 2 N–H and O–H groups in total. The van der Waals surface area contributed by atoms with Crippen molar-refractivity contribution in [2.75, 3.05) is 25.1 Å². The van der Waals surface area contributed by atoms with Gasteiger partial charge in [0, 0.05) is 25.4 Å². The van der Waals surface area contributed by atoms with E-state index < -0.39 is 27.8 Å². The van der Waals surface area contributed by atoms with Gasteiger partial charge in [0.05, 0.1) is 11.7 Å². The lowest BCUT2D eigenvalue weighted by atomic mass is 10.0. The van der Waals surface area contributed by atoms with E-state index in [9.17, 15) is 18.0 Å². The molecule has 1 rings (SSSR count). The number of carboxylic acids is 1. The summed E-state index contributed by atoms with van der Waals surface area (Å²) in [5.74, 6) is -1.58. The lowest BCUT2D eigenvalue weighted by Gasteiger charge is -2.23. The molecule has 1 heterocycles. The Morgan fingerprint density at radius 3 is 2.50 bits per heavy atom. The third-order valence-corrected chi connectivity index (χ3v) is 4.03. The Hall–Kier alpha value is -1.31. The summed E-state index contributed by atoms with van der Waals surface area (Å²) in [6.45, 7) is 2.10. The minimum Gasteiger partial charge on any atom is -0.481 e. The van der Waals surface area contributed by atoms with Crippen molar-refractivity contribution in [3.05, 3.63) is 0 Å². The van der Waals surface area contributed by atoms with Gasteiger partial charge < -0.3 is 15.3 Å². The summed E-state index contributed by atoms with van der Waals surface area (Å²) in [5.41, 5.74) is 0. The maximum Gasteiger partial charge on any atom is 0.317 e. The molecule has 18 heavy (non-hydrogen) atoms. The van der Waals surface area contributed by atoms with Crippen LogP contribution in [0.3, 0.4) is 0 Å². The number of likely N-dealkylation sites (tertiary alicyclic amines) is 1. The maximum atomic E-state index is 11.7. The normalized spacial score (nSPS) is 24.0. The Kier molecular flexibility index (Phi) is 4.55. The Balaban J connectivity index is 2.46. The van der Waals surface area contributed by atoms with Crippen LogP contribution in [0.5, 0.6) is 0 Å². The molecule has 2 amide bonds. The first kappa shape index (κ1) is 14.7. The van der Waals surface area contributed by atoms with Crippen molar-refractivity contribution in [1.29, 1.82) is 0 Å². The second-order valence-electron chi connectivity index (χ2n) is 4.53. The van der Waals surface area contributed by atoms with Gasteiger partial charge in [-0.15, -0.1) is 0 Å². The van der Waals surface area contributed by atoms with Crippen molar-refractivity contribution in [3.8, 4) is 0 Å². The summed E-state index contributed by atoms with van der Waals surface area (Å²) in [5, 5.41) is 11.4. The number of carbonyl (C=O) groups excluding carboxylic acids is 1. The molecule has 0 aromatic rings. The molecule has 0 spiro atoms. The zero-order valence-corrected chi connectivity index (χ0v) is 11.2. The Morgan fingerprint density at radius 2 is 2.06 bits per heavy atom. The van der Waals surface area contributed by atoms with Gasteiger partial charge in [0.2, 0.25) is 0 Å². The van der Waals surface area contributed by atoms with Gasteiger partial charge in [-0.3, -0.25) is 4.79 Å². The number of hydrogen-bond donors (Lipinski definition) is 2. The number of aliphatic carboxylic acids is 1. The number of nitrogens with one attached hydrogen (secondary N) is 1. The quantitative estimate of drug-likeness (QED) is 0.724. The molecule has 1 fully saturated rings. The highest BCUT2D eigenvalue weighted by atomic mass is 32.2. The fourth-order valence-electron chi connectivity index (χ4n) is 2.00. The van der Waals surface area contributed by atoms with E-state index >= 15 is 0 Å². The van der Waals surface area contributed by atoms with Crippen LogP contribution in [0.2, 0.25) is 0 Å². The predicted molar refractivity (Wildman–Crippen MR) is 65.0 cm³/mol. The first-order chi connectivity index (χ1) is 8.22. The molecular weight excluding hydrogens is 260 g/mol. The molecule has 1 aliphatic heterocycles. The highest BCUT2D eigenvalue weighted by Gasteiger charge is 2.37. The highest BCUT2D eigenvalue weighted by molar-refractivity contribution is 7.90. The largest absolute Gasteiger partial charge is 0.481 e. The molecule has 1 aliphatic rings. The van der Waals surface area contributed by atoms with E-state index in [1.165, 1.54) is 4.90 Å². The van der Waals surface area contributed by atoms with E-state index in [1.807, 2.05) is 0 Å². The summed E-state index contributed by atoms with van der Waals surface area (Å²) < 4.78 is 21.8. The molecule has 2 unspecified atom stereocenters. The molecule has 0 bridgehead atoms. The van der Waals surface area contributed by atoms with Crippen molar-refractivity contribution >= 4 is 21.8 Å². The summed E-state index contributed by atoms with van der Waals surface area (Å²) in [6.07, 6.45) is 1.52. The number of nitrogens with zero attached hydrogens (tertiary/aromatic N) is 1. The van der Waals surface area contributed by atoms with Gasteiger partial charge in [0.25, 0.3) is 0 Å². The lowest BCUT2D eigenvalue weighted by Crippen LogP contribution is -2.45. The number of carbonyl (C=O) groups is 2. The summed E-state index contributed by atoms with van der Waals surface area (Å²) in [7, 11) is -3.11. The van der Waals surface area contributed by atoms with Gasteiger partial charge in [-0.2, -0.15) is 0 Å². The van der Waals surface area contributed by atoms with Gasteiger partial charge in [-0.05, 0) is 13.3 Å². The maximum absolute atomic E-state index is 11.7. The molecular formula is C10H18N2O5S. The van der Waals surface area contributed by atoms with Gasteiger partial charge in [0.15, 0.2) is 0 Å². The summed E-state index contributed by atoms with van der Waals surface area (Å²) in [4.78, 5) is 24.1. The zero-order chi connectivity index (χ0) is 13.9. The average molecular weight is 278 g/mol. The molecule has 2 atom stereocenters. The average Bonchev–Trinajstić information content (AvgIpc) is 2.57. The summed E-state index contributed by atoms with van der Waals surface area (Å²) in [6, 6.07) is -0.782. The molecule has 1 saturated heterocycles. The Bertz CT molecular complexity index is 434. The number of sulfone groups is 1. The fraction of sp³-hybridized carbons (Fsp3) is 0.800. The molecule has 0 aliphatic carbocycles. The molecule has 0 aromatic carbocycles. The standard InChI is InChI=1S/C10H18N2O5S/c1-7-8(9(13)14)3-5-12(7)10(15)11-4-6-18(2,16)17/h7-8H,3-6H2,1-2H3,(H,11,15)(H,13,14). The first-order valence-corrected chi connectivity index (χ1v) is 7.73. The first-order valence-electron chi connectivity index (χ1n) is 5.67. The number of rotatable bonds is 4. The summed E-state index contributed by atoms with van der Waals surface area (Å²) >= 11 is 0. The van der Waals surface area contributed by atoms with Crippen LogP contribution in [0.25, 0.3) is 0 Å². The third-order valence-electron chi connectivity index (χ3n) is 3.08. The van der Waals surface area contributed by atoms with E-state index in [0.717, 1.165) is 6.26 Å². The Morgan fingerprint density at radius 1 is 1.44 bits per heavy atom. The second kappa shape index (κ2) is 5.55. The van der Waals surface area contributed by atoms with Crippen LogP contribution in [-0.4, -0.2) is 61.6 Å².